The summed E-state index contributed by atoms with van der Waals surface area (Å²) in [7, 11) is 0. The predicted molar refractivity (Wildman–Crippen MR) is 114 cm³/mol. The molecule has 1 atom stereocenters. The Balaban J connectivity index is 1.69. The molecular formula is C22H25N3O5. The zero-order chi connectivity index (χ0) is 21.7. The summed E-state index contributed by atoms with van der Waals surface area (Å²) in [4.78, 5) is 37.8. The van der Waals surface area contributed by atoms with E-state index in [1.54, 1.807) is 18.2 Å². The molecule has 1 amide bonds. The maximum absolute atomic E-state index is 12.5. The molecule has 3 rings (SSSR count). The van der Waals surface area contributed by atoms with E-state index in [-0.39, 0.29) is 11.3 Å². The quantitative estimate of drug-likeness (QED) is 0.437. The first-order valence-electron chi connectivity index (χ1n) is 9.97. The largest absolute Gasteiger partial charge is 0.449 e. The minimum atomic E-state index is -1.06. The van der Waals surface area contributed by atoms with Crippen molar-refractivity contribution in [2.45, 2.75) is 39.2 Å². The van der Waals surface area contributed by atoms with Gasteiger partial charge in [-0.15, -0.1) is 0 Å². The van der Waals surface area contributed by atoms with E-state index in [1.165, 1.54) is 19.1 Å². The van der Waals surface area contributed by atoms with E-state index >= 15 is 0 Å². The Hall–Kier alpha value is -3.42. The molecule has 0 saturated carbocycles. The van der Waals surface area contributed by atoms with Gasteiger partial charge in [-0.1, -0.05) is 17.7 Å². The maximum Gasteiger partial charge on any atom is 0.339 e. The lowest BCUT2D eigenvalue weighted by atomic mass is 10.1. The van der Waals surface area contributed by atoms with Crippen LogP contribution in [0.4, 0.5) is 17.1 Å². The van der Waals surface area contributed by atoms with Crippen molar-refractivity contribution in [1.29, 1.82) is 0 Å². The van der Waals surface area contributed by atoms with Gasteiger partial charge in [0.2, 0.25) is 0 Å². The Labute approximate surface area is 175 Å². The molecule has 1 aliphatic rings. The number of hydrogen-bond acceptors (Lipinski definition) is 6. The van der Waals surface area contributed by atoms with Gasteiger partial charge in [0.15, 0.2) is 6.10 Å². The summed E-state index contributed by atoms with van der Waals surface area (Å²) in [5, 5.41) is 14.2. The van der Waals surface area contributed by atoms with Crippen molar-refractivity contribution < 1.29 is 19.2 Å². The normalized spacial score (nSPS) is 14.7. The van der Waals surface area contributed by atoms with Gasteiger partial charge in [0, 0.05) is 24.8 Å². The molecule has 2 aromatic rings. The summed E-state index contributed by atoms with van der Waals surface area (Å²) >= 11 is 0. The number of ether oxygens (including phenoxy) is 1. The molecule has 158 valence electrons. The molecule has 8 heteroatoms. The van der Waals surface area contributed by atoms with Gasteiger partial charge in [0.25, 0.3) is 11.6 Å². The molecule has 0 aliphatic carbocycles. The fraction of sp³-hybridized carbons (Fsp3) is 0.364. The molecule has 8 nitrogen and oxygen atoms in total. The molecule has 0 radical (unpaired) electrons. The van der Waals surface area contributed by atoms with Crippen molar-refractivity contribution >= 4 is 28.9 Å². The first-order valence-corrected chi connectivity index (χ1v) is 9.97. The van der Waals surface area contributed by atoms with Crippen molar-refractivity contribution in [3.05, 3.63) is 63.7 Å². The van der Waals surface area contributed by atoms with Crippen LogP contribution >= 0.6 is 0 Å². The number of amides is 1. The second-order valence-corrected chi connectivity index (χ2v) is 7.41. The molecule has 1 N–H and O–H groups in total. The Morgan fingerprint density at radius 1 is 1.10 bits per heavy atom. The van der Waals surface area contributed by atoms with Crippen molar-refractivity contribution in [3.8, 4) is 0 Å². The monoisotopic (exact) mass is 411 g/mol. The first kappa shape index (κ1) is 21.3. The van der Waals surface area contributed by atoms with E-state index < -0.39 is 22.9 Å². The number of rotatable bonds is 6. The fourth-order valence-corrected chi connectivity index (χ4v) is 3.36. The van der Waals surface area contributed by atoms with Gasteiger partial charge in [-0.05, 0) is 57.4 Å². The summed E-state index contributed by atoms with van der Waals surface area (Å²) in [5.74, 6) is -1.26. The van der Waals surface area contributed by atoms with Crippen LogP contribution < -0.4 is 10.2 Å². The lowest BCUT2D eigenvalue weighted by Crippen LogP contribution is -2.31. The Bertz CT molecular complexity index is 936. The molecule has 1 heterocycles. The number of aryl methyl sites for hydroxylation is 1. The number of nitrogens with one attached hydrogen (secondary N) is 1. The molecule has 2 aromatic carbocycles. The topological polar surface area (TPSA) is 102 Å². The third-order valence-electron chi connectivity index (χ3n) is 5.08. The van der Waals surface area contributed by atoms with Gasteiger partial charge >= 0.3 is 5.97 Å². The second kappa shape index (κ2) is 9.39. The van der Waals surface area contributed by atoms with E-state index in [2.05, 4.69) is 5.32 Å². The van der Waals surface area contributed by atoms with Crippen LogP contribution in [-0.4, -0.2) is 36.0 Å². The van der Waals surface area contributed by atoms with E-state index in [1.807, 2.05) is 24.0 Å². The van der Waals surface area contributed by atoms with Gasteiger partial charge in [-0.3, -0.25) is 14.9 Å². The average Bonchev–Trinajstić information content (AvgIpc) is 2.75. The van der Waals surface area contributed by atoms with Crippen molar-refractivity contribution in [1.82, 2.24) is 0 Å². The molecule has 1 saturated heterocycles. The number of carbonyl (C=O) groups excluding carboxylic acids is 2. The summed E-state index contributed by atoms with van der Waals surface area (Å²) in [5.41, 5.74) is 2.05. The molecule has 0 aromatic heterocycles. The van der Waals surface area contributed by atoms with Gasteiger partial charge in [-0.25, -0.2) is 4.79 Å². The number of esters is 1. The van der Waals surface area contributed by atoms with Crippen LogP contribution in [-0.2, 0) is 9.53 Å². The Kier molecular flexibility index (Phi) is 6.66. The average molecular weight is 411 g/mol. The zero-order valence-corrected chi connectivity index (χ0v) is 17.1. The standard InChI is InChI=1S/C22H25N3O5/c1-15-6-9-18(10-7-15)23-21(26)16(2)30-22(27)17-8-11-19(20(14-17)25(28)29)24-12-4-3-5-13-24/h6-11,14,16H,3-5,12-13H2,1-2H3,(H,23,26)/t16-/m1/s1. The van der Waals surface area contributed by atoms with Crippen molar-refractivity contribution in [2.75, 3.05) is 23.3 Å². The lowest BCUT2D eigenvalue weighted by Gasteiger charge is -2.28. The number of anilines is 2. The lowest BCUT2D eigenvalue weighted by molar-refractivity contribution is -0.384. The molecule has 1 fully saturated rings. The molecule has 0 unspecified atom stereocenters. The van der Waals surface area contributed by atoms with Crippen molar-refractivity contribution in [2.24, 2.45) is 0 Å². The van der Waals surface area contributed by atoms with E-state index in [0.717, 1.165) is 37.9 Å². The third kappa shape index (κ3) is 5.14. The summed E-state index contributed by atoms with van der Waals surface area (Å²) in [6, 6.07) is 11.5. The highest BCUT2D eigenvalue weighted by Crippen LogP contribution is 2.31. The summed E-state index contributed by atoms with van der Waals surface area (Å²) < 4.78 is 5.23. The Morgan fingerprint density at radius 3 is 2.40 bits per heavy atom. The molecule has 0 bridgehead atoms. The van der Waals surface area contributed by atoms with Crippen LogP contribution in [0.1, 0.15) is 42.1 Å². The molecule has 30 heavy (non-hydrogen) atoms. The van der Waals surface area contributed by atoms with Crippen molar-refractivity contribution in [3.63, 3.8) is 0 Å². The first-order chi connectivity index (χ1) is 14.3. The minimum absolute atomic E-state index is 0.0393. The van der Waals surface area contributed by atoms with E-state index in [9.17, 15) is 19.7 Å². The van der Waals surface area contributed by atoms with Crippen LogP contribution in [0.3, 0.4) is 0 Å². The zero-order valence-electron chi connectivity index (χ0n) is 17.1. The van der Waals surface area contributed by atoms with Gasteiger partial charge < -0.3 is 15.0 Å². The van der Waals surface area contributed by atoms with Crippen LogP contribution in [0.25, 0.3) is 0 Å². The Morgan fingerprint density at radius 2 is 1.77 bits per heavy atom. The number of nitrogens with zero attached hydrogens (tertiary/aromatic N) is 2. The van der Waals surface area contributed by atoms with Gasteiger partial charge in [-0.2, -0.15) is 0 Å². The smallest absolute Gasteiger partial charge is 0.339 e. The number of nitro benzene ring substituents is 1. The highest BCUT2D eigenvalue weighted by atomic mass is 16.6. The maximum atomic E-state index is 12.5. The van der Waals surface area contributed by atoms with Gasteiger partial charge in [0.1, 0.15) is 5.69 Å². The third-order valence-corrected chi connectivity index (χ3v) is 5.08. The van der Waals surface area contributed by atoms with Crippen LogP contribution in [0.15, 0.2) is 42.5 Å². The summed E-state index contributed by atoms with van der Waals surface area (Å²) in [6.45, 7) is 4.89. The highest BCUT2D eigenvalue weighted by molar-refractivity contribution is 5.97. The molecule has 0 spiro atoms. The second-order valence-electron chi connectivity index (χ2n) is 7.41. The number of benzene rings is 2. The van der Waals surface area contributed by atoms with Gasteiger partial charge in [0.05, 0.1) is 10.5 Å². The number of hydrogen-bond donors (Lipinski definition) is 1. The number of carbonyl (C=O) groups is 2. The SMILES string of the molecule is Cc1ccc(NC(=O)[C@@H](C)OC(=O)c2ccc(N3CCCCC3)c([N+](=O)[O-])c2)cc1. The van der Waals surface area contributed by atoms with Crippen LogP contribution in [0, 0.1) is 17.0 Å². The number of piperidine rings is 1. The fourth-order valence-electron chi connectivity index (χ4n) is 3.36. The minimum Gasteiger partial charge on any atom is -0.449 e. The molecule has 1 aliphatic heterocycles. The van der Waals surface area contributed by atoms with E-state index in [4.69, 9.17) is 4.74 Å². The summed E-state index contributed by atoms with van der Waals surface area (Å²) in [6.07, 6.45) is 2.01. The molecular weight excluding hydrogens is 386 g/mol. The number of nitro groups is 1. The predicted octanol–water partition coefficient (Wildman–Crippen LogP) is 4.08. The van der Waals surface area contributed by atoms with Crippen LogP contribution in [0.5, 0.6) is 0 Å². The van der Waals surface area contributed by atoms with Crippen LogP contribution in [0.2, 0.25) is 0 Å². The highest BCUT2D eigenvalue weighted by Gasteiger charge is 2.25. The van der Waals surface area contributed by atoms with E-state index in [0.29, 0.717) is 11.4 Å².